The highest BCUT2D eigenvalue weighted by Crippen LogP contribution is 2.27. The van der Waals surface area contributed by atoms with Crippen molar-refractivity contribution in [3.05, 3.63) is 64.6 Å². The van der Waals surface area contributed by atoms with Crippen LogP contribution in [0.5, 0.6) is 0 Å². The summed E-state index contributed by atoms with van der Waals surface area (Å²) >= 11 is 3.39. The maximum Gasteiger partial charge on any atom is 0.256 e. The predicted molar refractivity (Wildman–Crippen MR) is 94.0 cm³/mol. The summed E-state index contributed by atoms with van der Waals surface area (Å²) in [5.41, 5.74) is 4.13. The third-order valence-electron chi connectivity index (χ3n) is 3.90. The maximum absolute atomic E-state index is 12.5. The Kier molecular flexibility index (Phi) is 5.27. The van der Waals surface area contributed by atoms with E-state index in [0.29, 0.717) is 13.0 Å². The minimum absolute atomic E-state index is 0.200. The average Bonchev–Trinajstić information content (AvgIpc) is 2.97. The van der Waals surface area contributed by atoms with Crippen molar-refractivity contribution in [1.82, 2.24) is 5.48 Å². The van der Waals surface area contributed by atoms with Gasteiger partial charge in [-0.1, -0.05) is 52.3 Å². The van der Waals surface area contributed by atoms with Crippen LogP contribution in [0.4, 0.5) is 5.69 Å². The molecule has 24 heavy (non-hydrogen) atoms. The van der Waals surface area contributed by atoms with Gasteiger partial charge in [0.25, 0.3) is 5.91 Å². The molecule has 6 heteroatoms. The number of anilines is 1. The lowest BCUT2D eigenvalue weighted by molar-refractivity contribution is -0.142. The Labute approximate surface area is 148 Å². The number of benzene rings is 2. The highest BCUT2D eigenvalue weighted by atomic mass is 79.9. The molecule has 1 saturated heterocycles. The van der Waals surface area contributed by atoms with Crippen molar-refractivity contribution in [1.29, 1.82) is 0 Å². The summed E-state index contributed by atoms with van der Waals surface area (Å²) in [5.74, 6) is -1.30. The molecule has 2 amide bonds. The van der Waals surface area contributed by atoms with E-state index >= 15 is 0 Å². The van der Waals surface area contributed by atoms with Gasteiger partial charge in [-0.3, -0.25) is 14.4 Å². The second-order valence-corrected chi connectivity index (χ2v) is 6.47. The fourth-order valence-electron chi connectivity index (χ4n) is 2.66. The number of nitrogens with one attached hydrogen (secondary N) is 1. The van der Waals surface area contributed by atoms with Gasteiger partial charge in [-0.15, -0.1) is 0 Å². The number of nitrogens with zero attached hydrogens (tertiary/aromatic N) is 1. The Hall–Kier alpha value is -2.18. The SMILES string of the molecule is O=C(NOCc1ccccc1)[C@H]1CCN(c2cccc(Br)c2)C1=O. The molecule has 3 rings (SSSR count). The van der Waals surface area contributed by atoms with Gasteiger partial charge in [0.05, 0.1) is 6.61 Å². The number of rotatable bonds is 5. The second kappa shape index (κ2) is 7.59. The molecule has 1 fully saturated rings. The molecule has 0 aromatic heterocycles. The molecular weight excluding hydrogens is 372 g/mol. The minimum atomic E-state index is -0.709. The van der Waals surface area contributed by atoms with E-state index in [0.717, 1.165) is 15.7 Å². The van der Waals surface area contributed by atoms with E-state index in [2.05, 4.69) is 21.4 Å². The van der Waals surface area contributed by atoms with Crippen LogP contribution in [0.1, 0.15) is 12.0 Å². The van der Waals surface area contributed by atoms with Gasteiger partial charge in [-0.25, -0.2) is 5.48 Å². The number of carbonyl (C=O) groups excluding carboxylic acids is 2. The standard InChI is InChI=1S/C18H17BrN2O3/c19-14-7-4-8-15(11-14)21-10-9-16(18(21)23)17(22)20-24-12-13-5-2-1-3-6-13/h1-8,11,16H,9-10,12H2,(H,20,22)/t16-/m1/s1. The van der Waals surface area contributed by atoms with Crippen LogP contribution in [0, 0.1) is 5.92 Å². The van der Waals surface area contributed by atoms with Crippen LogP contribution in [-0.2, 0) is 21.0 Å². The quantitative estimate of drug-likeness (QED) is 0.632. The van der Waals surface area contributed by atoms with Crippen LogP contribution < -0.4 is 10.4 Å². The molecule has 1 atom stereocenters. The van der Waals surface area contributed by atoms with E-state index in [1.54, 1.807) is 4.90 Å². The van der Waals surface area contributed by atoms with Crippen LogP contribution in [0.15, 0.2) is 59.1 Å². The number of carbonyl (C=O) groups is 2. The summed E-state index contributed by atoms with van der Waals surface area (Å²) in [6.45, 7) is 0.787. The minimum Gasteiger partial charge on any atom is -0.312 e. The maximum atomic E-state index is 12.5. The van der Waals surface area contributed by atoms with Gasteiger partial charge in [0.1, 0.15) is 5.92 Å². The number of amides is 2. The summed E-state index contributed by atoms with van der Waals surface area (Å²) < 4.78 is 0.895. The molecule has 0 radical (unpaired) electrons. The molecule has 124 valence electrons. The Balaban J connectivity index is 1.55. The molecule has 0 spiro atoms. The largest absolute Gasteiger partial charge is 0.312 e. The summed E-state index contributed by atoms with van der Waals surface area (Å²) in [5, 5.41) is 0. The van der Waals surface area contributed by atoms with Crippen LogP contribution in [0.3, 0.4) is 0 Å². The lowest BCUT2D eigenvalue weighted by Gasteiger charge is -2.17. The van der Waals surface area contributed by atoms with Crippen molar-refractivity contribution in [2.45, 2.75) is 13.0 Å². The fraction of sp³-hybridized carbons (Fsp3) is 0.222. The van der Waals surface area contributed by atoms with Crippen molar-refractivity contribution in [3.8, 4) is 0 Å². The van der Waals surface area contributed by atoms with Crippen molar-refractivity contribution in [3.63, 3.8) is 0 Å². The number of halogens is 1. The Morgan fingerprint density at radius 2 is 2.00 bits per heavy atom. The molecule has 2 aromatic carbocycles. The fourth-order valence-corrected chi connectivity index (χ4v) is 3.05. The van der Waals surface area contributed by atoms with E-state index in [1.165, 1.54) is 0 Å². The first-order chi connectivity index (χ1) is 11.6. The Bertz CT molecular complexity index is 736. The molecule has 1 heterocycles. The zero-order valence-electron chi connectivity index (χ0n) is 12.9. The zero-order valence-corrected chi connectivity index (χ0v) is 14.5. The first-order valence-electron chi connectivity index (χ1n) is 7.67. The smallest absolute Gasteiger partial charge is 0.256 e. The van der Waals surface area contributed by atoms with Crippen LogP contribution in [0.2, 0.25) is 0 Å². The van der Waals surface area contributed by atoms with Gasteiger partial charge in [0.15, 0.2) is 0 Å². The molecule has 0 saturated carbocycles. The average molecular weight is 389 g/mol. The topological polar surface area (TPSA) is 58.6 Å². The molecule has 0 unspecified atom stereocenters. The van der Waals surface area contributed by atoms with Gasteiger partial charge in [0.2, 0.25) is 5.91 Å². The molecular formula is C18H17BrN2O3. The van der Waals surface area contributed by atoms with E-state index in [9.17, 15) is 9.59 Å². The van der Waals surface area contributed by atoms with E-state index in [1.807, 2.05) is 54.6 Å². The van der Waals surface area contributed by atoms with Crippen molar-refractivity contribution >= 4 is 33.4 Å². The first kappa shape index (κ1) is 16.7. The zero-order chi connectivity index (χ0) is 16.9. The van der Waals surface area contributed by atoms with Crippen molar-refractivity contribution in [2.24, 2.45) is 5.92 Å². The second-order valence-electron chi connectivity index (χ2n) is 5.55. The summed E-state index contributed by atoms with van der Waals surface area (Å²) in [6, 6.07) is 17.0. The third-order valence-corrected chi connectivity index (χ3v) is 4.39. The monoisotopic (exact) mass is 388 g/mol. The highest BCUT2D eigenvalue weighted by Gasteiger charge is 2.37. The predicted octanol–water partition coefficient (Wildman–Crippen LogP) is 3.05. The van der Waals surface area contributed by atoms with Crippen molar-refractivity contribution in [2.75, 3.05) is 11.4 Å². The highest BCUT2D eigenvalue weighted by molar-refractivity contribution is 9.10. The first-order valence-corrected chi connectivity index (χ1v) is 8.47. The molecule has 1 N–H and O–H groups in total. The van der Waals surface area contributed by atoms with E-state index < -0.39 is 11.8 Å². The van der Waals surface area contributed by atoms with Gasteiger partial charge in [-0.2, -0.15) is 0 Å². The summed E-state index contributed by atoms with van der Waals surface area (Å²) in [4.78, 5) is 31.5. The van der Waals surface area contributed by atoms with Gasteiger partial charge >= 0.3 is 0 Å². The van der Waals surface area contributed by atoms with Gasteiger partial charge in [-0.05, 0) is 30.2 Å². The van der Waals surface area contributed by atoms with E-state index in [-0.39, 0.29) is 12.5 Å². The van der Waals surface area contributed by atoms with Gasteiger partial charge in [0, 0.05) is 16.7 Å². The summed E-state index contributed by atoms with van der Waals surface area (Å²) in [6.07, 6.45) is 0.478. The number of hydroxylamine groups is 1. The Morgan fingerprint density at radius 3 is 2.75 bits per heavy atom. The summed E-state index contributed by atoms with van der Waals surface area (Å²) in [7, 11) is 0. The third kappa shape index (κ3) is 3.83. The number of hydrogen-bond donors (Lipinski definition) is 1. The molecule has 0 bridgehead atoms. The van der Waals surface area contributed by atoms with Crippen molar-refractivity contribution < 1.29 is 14.4 Å². The van der Waals surface area contributed by atoms with E-state index in [4.69, 9.17) is 4.84 Å². The molecule has 0 aliphatic carbocycles. The molecule has 1 aliphatic heterocycles. The van der Waals surface area contributed by atoms with Crippen LogP contribution >= 0.6 is 15.9 Å². The normalized spacial score (nSPS) is 17.1. The molecule has 2 aromatic rings. The lowest BCUT2D eigenvalue weighted by Crippen LogP contribution is -2.36. The molecule has 5 nitrogen and oxygen atoms in total. The number of hydrogen-bond acceptors (Lipinski definition) is 3. The lowest BCUT2D eigenvalue weighted by atomic mass is 10.1. The van der Waals surface area contributed by atoms with Gasteiger partial charge < -0.3 is 4.90 Å². The molecule has 1 aliphatic rings. The Morgan fingerprint density at radius 1 is 1.21 bits per heavy atom. The van der Waals surface area contributed by atoms with Crippen LogP contribution in [-0.4, -0.2) is 18.4 Å². The van der Waals surface area contributed by atoms with Crippen LogP contribution in [0.25, 0.3) is 0 Å².